The highest BCUT2D eigenvalue weighted by atomic mass is 16.3. The molecule has 0 bridgehead atoms. The van der Waals surface area contributed by atoms with Crippen molar-refractivity contribution in [1.82, 2.24) is 0 Å². The standard InChI is InChI=1S/C54H44O/c1-29-31(3)35(7)51-49(33(29)5)53(37-16-10-9-11-17-37)50-34(6)30(2)32(4)36(8)52(50)54(51)44-24-23-41(42-20-14-15-21-43(42)44)40-22-25-47-45(27-40)46-26-38-18-12-13-19-39(38)28-48(46)55-47/h9-28H,1-8H3. The molecule has 0 amide bonds. The van der Waals surface area contributed by atoms with Crippen molar-refractivity contribution in [3.8, 4) is 33.4 Å². The fourth-order valence-electron chi connectivity index (χ4n) is 9.69. The van der Waals surface area contributed by atoms with Crippen molar-refractivity contribution in [2.24, 2.45) is 0 Å². The Morgan fingerprint density at radius 1 is 0.309 bits per heavy atom. The summed E-state index contributed by atoms with van der Waals surface area (Å²) < 4.78 is 6.42. The second-order valence-electron chi connectivity index (χ2n) is 15.8. The quantitative estimate of drug-likeness (QED) is 0.167. The highest BCUT2D eigenvalue weighted by Gasteiger charge is 2.26. The van der Waals surface area contributed by atoms with Crippen LogP contribution in [0.25, 0.3) is 98.4 Å². The molecule has 1 aromatic heterocycles. The summed E-state index contributed by atoms with van der Waals surface area (Å²) in [4.78, 5) is 0. The summed E-state index contributed by atoms with van der Waals surface area (Å²) in [6.07, 6.45) is 0. The SMILES string of the molecule is Cc1c(C)c(C)c2c(-c3ccc(-c4ccc5oc6cc7ccccc7cc6c5c4)c4ccccc34)c3c(C)c(C)c(C)c(C)c3c(-c3ccccc3)c2c1C. The molecule has 0 unspecified atom stereocenters. The van der Waals surface area contributed by atoms with Crippen molar-refractivity contribution in [3.63, 3.8) is 0 Å². The Labute approximate surface area is 322 Å². The zero-order valence-electron chi connectivity index (χ0n) is 33.0. The molecule has 0 fully saturated rings. The maximum atomic E-state index is 6.42. The average molecular weight is 709 g/mol. The molecule has 0 aliphatic rings. The molecule has 10 aromatic rings. The van der Waals surface area contributed by atoms with Gasteiger partial charge in [0.25, 0.3) is 0 Å². The van der Waals surface area contributed by atoms with E-state index in [1.54, 1.807) is 0 Å². The van der Waals surface area contributed by atoms with Crippen LogP contribution in [0.5, 0.6) is 0 Å². The Balaban J connectivity index is 1.33. The molecule has 0 spiro atoms. The summed E-state index contributed by atoms with van der Waals surface area (Å²) in [5.41, 5.74) is 20.5. The smallest absolute Gasteiger partial charge is 0.136 e. The van der Waals surface area contributed by atoms with Gasteiger partial charge in [0.1, 0.15) is 11.2 Å². The van der Waals surface area contributed by atoms with E-state index in [0.29, 0.717) is 0 Å². The lowest BCUT2D eigenvalue weighted by Crippen LogP contribution is -2.04. The summed E-state index contributed by atoms with van der Waals surface area (Å²) in [6.45, 7) is 18.6. The summed E-state index contributed by atoms with van der Waals surface area (Å²) in [6, 6.07) is 44.6. The topological polar surface area (TPSA) is 13.1 Å². The number of fused-ring (bicyclic) bond motifs is 7. The van der Waals surface area contributed by atoms with Crippen LogP contribution in [0.1, 0.15) is 44.5 Å². The van der Waals surface area contributed by atoms with E-state index in [-0.39, 0.29) is 0 Å². The van der Waals surface area contributed by atoms with Crippen molar-refractivity contribution in [3.05, 3.63) is 166 Å². The molecule has 0 saturated heterocycles. The number of aryl methyl sites for hydroxylation is 4. The predicted octanol–water partition coefficient (Wildman–Crippen LogP) is 15.7. The van der Waals surface area contributed by atoms with E-state index >= 15 is 0 Å². The van der Waals surface area contributed by atoms with Crippen molar-refractivity contribution in [1.29, 1.82) is 0 Å². The molecule has 0 radical (unpaired) electrons. The van der Waals surface area contributed by atoms with Gasteiger partial charge in [-0.2, -0.15) is 0 Å². The van der Waals surface area contributed by atoms with Gasteiger partial charge in [0, 0.05) is 10.8 Å². The first-order valence-electron chi connectivity index (χ1n) is 19.5. The van der Waals surface area contributed by atoms with Gasteiger partial charge in [-0.05, 0) is 201 Å². The molecule has 1 heteroatoms. The third-order valence-corrected chi connectivity index (χ3v) is 13.3. The third kappa shape index (κ3) is 4.72. The van der Waals surface area contributed by atoms with E-state index in [1.807, 2.05) is 0 Å². The summed E-state index contributed by atoms with van der Waals surface area (Å²) in [5.74, 6) is 0. The average Bonchev–Trinajstić information content (AvgIpc) is 3.57. The van der Waals surface area contributed by atoms with Crippen LogP contribution in [0.4, 0.5) is 0 Å². The van der Waals surface area contributed by atoms with Crippen LogP contribution in [0, 0.1) is 55.4 Å². The number of hydrogen-bond donors (Lipinski definition) is 0. The lowest BCUT2D eigenvalue weighted by atomic mass is 9.76. The van der Waals surface area contributed by atoms with Crippen LogP contribution in [-0.4, -0.2) is 0 Å². The predicted molar refractivity (Wildman–Crippen MR) is 238 cm³/mol. The monoisotopic (exact) mass is 708 g/mol. The van der Waals surface area contributed by atoms with E-state index in [2.05, 4.69) is 177 Å². The van der Waals surface area contributed by atoms with Gasteiger partial charge in [0.2, 0.25) is 0 Å². The highest BCUT2D eigenvalue weighted by Crippen LogP contribution is 2.52. The minimum Gasteiger partial charge on any atom is -0.456 e. The van der Waals surface area contributed by atoms with Crippen molar-refractivity contribution < 1.29 is 4.42 Å². The molecule has 0 N–H and O–H groups in total. The lowest BCUT2D eigenvalue weighted by Gasteiger charge is -2.27. The largest absolute Gasteiger partial charge is 0.456 e. The lowest BCUT2D eigenvalue weighted by molar-refractivity contribution is 0.669. The molecule has 9 aromatic carbocycles. The Morgan fingerprint density at radius 3 is 1.38 bits per heavy atom. The second-order valence-corrected chi connectivity index (χ2v) is 15.8. The number of furan rings is 1. The molecule has 1 heterocycles. The van der Waals surface area contributed by atoms with Crippen LogP contribution in [0.15, 0.2) is 126 Å². The molecule has 266 valence electrons. The Hall–Kier alpha value is -6.18. The minimum atomic E-state index is 0.916. The van der Waals surface area contributed by atoms with E-state index < -0.39 is 0 Å². The van der Waals surface area contributed by atoms with Gasteiger partial charge >= 0.3 is 0 Å². The van der Waals surface area contributed by atoms with Crippen molar-refractivity contribution in [2.45, 2.75) is 55.4 Å². The maximum absolute atomic E-state index is 6.42. The molecule has 1 nitrogen and oxygen atoms in total. The normalized spacial score (nSPS) is 12.0. The van der Waals surface area contributed by atoms with Gasteiger partial charge in [0.05, 0.1) is 0 Å². The Bertz CT molecular complexity index is 3180. The van der Waals surface area contributed by atoms with Gasteiger partial charge in [-0.25, -0.2) is 0 Å². The summed E-state index contributed by atoms with van der Waals surface area (Å²) in [7, 11) is 0. The van der Waals surface area contributed by atoms with Crippen LogP contribution < -0.4 is 0 Å². The Morgan fingerprint density at radius 2 is 0.782 bits per heavy atom. The summed E-state index contributed by atoms with van der Waals surface area (Å²) in [5, 5.41) is 12.7. The van der Waals surface area contributed by atoms with Gasteiger partial charge < -0.3 is 4.42 Å². The molecule has 0 aliphatic carbocycles. The fraction of sp³-hybridized carbons (Fsp3) is 0.148. The molecule has 0 aliphatic heterocycles. The zero-order chi connectivity index (χ0) is 37.9. The summed E-state index contributed by atoms with van der Waals surface area (Å²) >= 11 is 0. The Kier molecular flexibility index (Phi) is 7.39. The van der Waals surface area contributed by atoms with Gasteiger partial charge in [-0.1, -0.05) is 97.1 Å². The van der Waals surface area contributed by atoms with Gasteiger partial charge in [-0.15, -0.1) is 0 Å². The first-order chi connectivity index (χ1) is 26.6. The van der Waals surface area contributed by atoms with Crippen molar-refractivity contribution in [2.75, 3.05) is 0 Å². The molecular weight excluding hydrogens is 665 g/mol. The third-order valence-electron chi connectivity index (χ3n) is 13.3. The molecule has 55 heavy (non-hydrogen) atoms. The van der Waals surface area contributed by atoms with Gasteiger partial charge in [0.15, 0.2) is 0 Å². The molecule has 0 atom stereocenters. The van der Waals surface area contributed by atoms with E-state index in [4.69, 9.17) is 4.42 Å². The first-order valence-corrected chi connectivity index (χ1v) is 19.5. The number of hydrogen-bond acceptors (Lipinski definition) is 1. The molecular formula is C54H44O. The van der Waals surface area contributed by atoms with Crippen LogP contribution >= 0.6 is 0 Å². The minimum absolute atomic E-state index is 0.916. The second kappa shape index (κ2) is 12.2. The van der Waals surface area contributed by atoms with Gasteiger partial charge in [-0.3, -0.25) is 0 Å². The number of benzene rings is 9. The highest BCUT2D eigenvalue weighted by molar-refractivity contribution is 6.27. The zero-order valence-corrected chi connectivity index (χ0v) is 33.0. The maximum Gasteiger partial charge on any atom is 0.136 e. The van der Waals surface area contributed by atoms with E-state index in [1.165, 1.54) is 121 Å². The van der Waals surface area contributed by atoms with E-state index in [0.717, 1.165) is 21.9 Å². The first kappa shape index (κ1) is 33.4. The van der Waals surface area contributed by atoms with Crippen LogP contribution in [0.3, 0.4) is 0 Å². The van der Waals surface area contributed by atoms with Crippen LogP contribution in [0.2, 0.25) is 0 Å². The van der Waals surface area contributed by atoms with E-state index in [9.17, 15) is 0 Å². The molecule has 0 saturated carbocycles. The fourth-order valence-corrected chi connectivity index (χ4v) is 9.69. The number of rotatable bonds is 3. The van der Waals surface area contributed by atoms with Crippen molar-refractivity contribution >= 4 is 65.0 Å². The molecule has 10 rings (SSSR count). The van der Waals surface area contributed by atoms with Crippen LogP contribution in [-0.2, 0) is 0 Å².